The molecule has 1 heterocycles. The van der Waals surface area contributed by atoms with Crippen LogP contribution in [0.1, 0.15) is 43.4 Å². The van der Waals surface area contributed by atoms with Gasteiger partial charge >= 0.3 is 0 Å². The van der Waals surface area contributed by atoms with Crippen LogP contribution in [0.25, 0.3) is 16.0 Å². The highest BCUT2D eigenvalue weighted by molar-refractivity contribution is 7.90. The van der Waals surface area contributed by atoms with Crippen LogP contribution in [0.2, 0.25) is 0 Å². The van der Waals surface area contributed by atoms with Crippen molar-refractivity contribution >= 4 is 21.7 Å². The third-order valence-electron chi connectivity index (χ3n) is 6.03. The molecule has 0 spiro atoms. The van der Waals surface area contributed by atoms with Crippen molar-refractivity contribution in [3.8, 4) is 11.1 Å². The van der Waals surface area contributed by atoms with Crippen LogP contribution in [0.15, 0.2) is 24.4 Å². The normalized spacial score (nSPS) is 13.1. The first-order chi connectivity index (χ1) is 15.8. The van der Waals surface area contributed by atoms with Gasteiger partial charge in [-0.3, -0.25) is 9.52 Å². The predicted octanol–water partition coefficient (Wildman–Crippen LogP) is 3.65. The van der Waals surface area contributed by atoms with Crippen molar-refractivity contribution in [3.05, 3.63) is 58.3 Å². The minimum absolute atomic E-state index is 0.137. The Morgan fingerprint density at radius 1 is 1.24 bits per heavy atom. The van der Waals surface area contributed by atoms with Crippen molar-refractivity contribution < 1.29 is 17.6 Å². The maximum Gasteiger partial charge on any atom is 0.270 e. The van der Waals surface area contributed by atoms with Crippen LogP contribution in [-0.2, 0) is 34.1 Å². The molecule has 0 bridgehead atoms. The molecule has 7 nitrogen and oxygen atoms in total. The van der Waals surface area contributed by atoms with Crippen LogP contribution in [0, 0.1) is 12.4 Å². The van der Waals surface area contributed by atoms with Gasteiger partial charge in [-0.1, -0.05) is 20.4 Å². The zero-order valence-electron chi connectivity index (χ0n) is 19.0. The van der Waals surface area contributed by atoms with Gasteiger partial charge in [0.15, 0.2) is 0 Å². The number of amides is 1. The van der Waals surface area contributed by atoms with Crippen molar-refractivity contribution in [2.24, 2.45) is 0 Å². The number of pyridine rings is 1. The lowest BCUT2D eigenvalue weighted by molar-refractivity contribution is -0.118. The van der Waals surface area contributed by atoms with Crippen molar-refractivity contribution in [1.82, 2.24) is 14.6 Å². The van der Waals surface area contributed by atoms with Crippen LogP contribution in [0.5, 0.6) is 0 Å². The summed E-state index contributed by atoms with van der Waals surface area (Å²) in [6.45, 7) is 13.5. The van der Waals surface area contributed by atoms with Crippen LogP contribution in [-0.4, -0.2) is 49.6 Å². The van der Waals surface area contributed by atoms with E-state index in [0.717, 1.165) is 25.1 Å². The van der Waals surface area contributed by atoms with Crippen LogP contribution in [0.4, 0.5) is 10.2 Å². The molecule has 0 atom stereocenters. The molecule has 1 N–H and O–H groups in total. The second-order valence-corrected chi connectivity index (χ2v) is 9.95. The SMILES string of the molecule is [C-]#[N+]c1cc(-c2cc(F)c3c(c2CC(=O)NS(=O)(=O)CCCN(CC)CC)CCC3)ccn1. The molecule has 0 saturated carbocycles. The Hall–Kier alpha value is -2.83. The maximum atomic E-state index is 14.8. The van der Waals surface area contributed by atoms with Crippen molar-refractivity contribution in [3.63, 3.8) is 0 Å². The molecule has 0 saturated heterocycles. The molecule has 0 unspecified atom stereocenters. The largest absolute Gasteiger partial charge is 0.361 e. The minimum atomic E-state index is -3.77. The molecular weight excluding hydrogens is 443 g/mol. The van der Waals surface area contributed by atoms with Gasteiger partial charge in [0.25, 0.3) is 5.82 Å². The number of benzene rings is 1. The summed E-state index contributed by atoms with van der Waals surface area (Å²) in [7, 11) is -3.77. The van der Waals surface area contributed by atoms with Gasteiger partial charge in [0.1, 0.15) is 12.0 Å². The smallest absolute Gasteiger partial charge is 0.270 e. The van der Waals surface area contributed by atoms with Crippen molar-refractivity contribution in [2.45, 2.75) is 46.0 Å². The third-order valence-corrected chi connectivity index (χ3v) is 7.39. The Labute approximate surface area is 194 Å². The number of sulfonamides is 1. The lowest BCUT2D eigenvalue weighted by Crippen LogP contribution is -2.35. The first-order valence-corrected chi connectivity index (χ1v) is 12.9. The van der Waals surface area contributed by atoms with Gasteiger partial charge in [0, 0.05) is 0 Å². The quantitative estimate of drug-likeness (QED) is 0.534. The highest BCUT2D eigenvalue weighted by atomic mass is 32.2. The Kier molecular flexibility index (Phi) is 8.16. The lowest BCUT2D eigenvalue weighted by atomic mass is 9.91. The fraction of sp³-hybridized carbons (Fsp3) is 0.458. The molecule has 9 heteroatoms. The summed E-state index contributed by atoms with van der Waals surface area (Å²) >= 11 is 0. The highest BCUT2D eigenvalue weighted by Crippen LogP contribution is 2.36. The van der Waals surface area contributed by atoms with E-state index in [1.807, 2.05) is 13.8 Å². The molecule has 0 aliphatic heterocycles. The van der Waals surface area contributed by atoms with E-state index in [2.05, 4.69) is 19.5 Å². The van der Waals surface area contributed by atoms with E-state index < -0.39 is 15.9 Å². The van der Waals surface area contributed by atoms with E-state index in [9.17, 15) is 17.6 Å². The molecule has 1 aliphatic rings. The van der Waals surface area contributed by atoms with Crippen LogP contribution < -0.4 is 4.72 Å². The van der Waals surface area contributed by atoms with E-state index in [-0.39, 0.29) is 23.8 Å². The summed E-state index contributed by atoms with van der Waals surface area (Å²) in [4.78, 5) is 22.2. The molecule has 2 aromatic rings. The topological polar surface area (TPSA) is 83.7 Å². The van der Waals surface area contributed by atoms with E-state index in [0.29, 0.717) is 48.1 Å². The average Bonchev–Trinajstić information content (AvgIpc) is 3.29. The fourth-order valence-electron chi connectivity index (χ4n) is 4.35. The summed E-state index contributed by atoms with van der Waals surface area (Å²) in [6, 6.07) is 4.60. The van der Waals surface area contributed by atoms with Gasteiger partial charge in [-0.15, -0.1) is 4.98 Å². The number of hydrogen-bond acceptors (Lipinski definition) is 5. The Morgan fingerprint density at radius 3 is 2.67 bits per heavy atom. The number of nitrogens with one attached hydrogen (secondary N) is 1. The summed E-state index contributed by atoms with van der Waals surface area (Å²) < 4.78 is 41.9. The summed E-state index contributed by atoms with van der Waals surface area (Å²) in [6.07, 6.45) is 3.71. The number of carbonyl (C=O) groups is 1. The van der Waals surface area contributed by atoms with E-state index in [4.69, 9.17) is 6.57 Å². The maximum absolute atomic E-state index is 14.8. The minimum Gasteiger partial charge on any atom is -0.361 e. The third kappa shape index (κ3) is 6.15. The number of hydrogen-bond donors (Lipinski definition) is 1. The molecule has 1 aromatic carbocycles. The standard InChI is InChI=1S/C24H29FN4O3S/c1-4-29(5-2)12-7-13-33(31,32)28-24(30)16-21-18-8-6-9-19(18)22(25)15-20(21)17-10-11-27-23(14-17)26-3/h10-11,14-15H,4-9,12-13,16H2,1-2H3,(H,28,30). The summed E-state index contributed by atoms with van der Waals surface area (Å²) in [5, 5.41) is 0. The van der Waals surface area contributed by atoms with Gasteiger partial charge < -0.3 is 9.74 Å². The molecule has 176 valence electrons. The number of fused-ring (bicyclic) bond motifs is 1. The van der Waals surface area contributed by atoms with Crippen LogP contribution >= 0.6 is 0 Å². The van der Waals surface area contributed by atoms with E-state index >= 15 is 0 Å². The Morgan fingerprint density at radius 2 is 1.97 bits per heavy atom. The number of halogens is 1. The lowest BCUT2D eigenvalue weighted by Gasteiger charge is -2.18. The first kappa shape index (κ1) is 24.8. The molecule has 1 aromatic heterocycles. The zero-order valence-corrected chi connectivity index (χ0v) is 19.8. The monoisotopic (exact) mass is 472 g/mol. The van der Waals surface area contributed by atoms with E-state index in [1.165, 1.54) is 12.3 Å². The second-order valence-electron chi connectivity index (χ2n) is 8.11. The summed E-state index contributed by atoms with van der Waals surface area (Å²) in [5.41, 5.74) is 3.04. The number of nitrogens with zero attached hydrogens (tertiary/aromatic N) is 3. The average molecular weight is 473 g/mol. The molecule has 0 fully saturated rings. The fourth-order valence-corrected chi connectivity index (χ4v) is 5.38. The van der Waals surface area contributed by atoms with Crippen molar-refractivity contribution in [2.75, 3.05) is 25.4 Å². The van der Waals surface area contributed by atoms with Gasteiger partial charge in [-0.05, 0) is 91.3 Å². The zero-order chi connectivity index (χ0) is 24.0. The molecule has 0 radical (unpaired) electrons. The molecule has 3 rings (SSSR count). The molecular formula is C24H29FN4O3S. The van der Waals surface area contributed by atoms with Gasteiger partial charge in [0.05, 0.1) is 12.2 Å². The summed E-state index contributed by atoms with van der Waals surface area (Å²) in [5.74, 6) is -0.951. The Balaban J connectivity index is 1.83. The number of aromatic nitrogens is 1. The molecule has 33 heavy (non-hydrogen) atoms. The highest BCUT2D eigenvalue weighted by Gasteiger charge is 2.25. The van der Waals surface area contributed by atoms with E-state index in [1.54, 1.807) is 12.1 Å². The second kappa shape index (κ2) is 10.9. The van der Waals surface area contributed by atoms with Gasteiger partial charge in [-0.25, -0.2) is 12.8 Å². The molecule has 1 amide bonds. The first-order valence-electron chi connectivity index (χ1n) is 11.2. The number of rotatable bonds is 10. The van der Waals surface area contributed by atoms with Crippen molar-refractivity contribution in [1.29, 1.82) is 0 Å². The number of carbonyl (C=O) groups excluding carboxylic acids is 1. The predicted molar refractivity (Wildman–Crippen MR) is 126 cm³/mol. The van der Waals surface area contributed by atoms with Gasteiger partial charge in [-0.2, -0.15) is 0 Å². The Bertz CT molecular complexity index is 1170. The van der Waals surface area contributed by atoms with Crippen LogP contribution in [0.3, 0.4) is 0 Å². The molecule has 1 aliphatic carbocycles. The van der Waals surface area contributed by atoms with Gasteiger partial charge in [0.2, 0.25) is 15.9 Å².